The minimum atomic E-state index is -0.683. The molecule has 0 atom stereocenters. The molecule has 114 valence electrons. The number of carbonyl (C=O) groups excluding carboxylic acids is 1. The van der Waals surface area contributed by atoms with Crippen molar-refractivity contribution in [2.24, 2.45) is 0 Å². The van der Waals surface area contributed by atoms with Crippen molar-refractivity contribution in [3.05, 3.63) is 66.2 Å². The van der Waals surface area contributed by atoms with Crippen molar-refractivity contribution in [3.8, 4) is 5.75 Å². The fraction of sp³-hybridized carbons (Fsp3) is 0.167. The number of carbonyl (C=O) groups is 1. The predicted octanol–water partition coefficient (Wildman–Crippen LogP) is 2.63. The summed E-state index contributed by atoms with van der Waals surface area (Å²) in [6.45, 7) is 2.20. The van der Waals surface area contributed by atoms with E-state index in [-0.39, 0.29) is 5.97 Å². The number of benzene rings is 2. The van der Waals surface area contributed by atoms with Gasteiger partial charge in [-0.25, -0.2) is 0 Å². The summed E-state index contributed by atoms with van der Waals surface area (Å²) in [5.41, 5.74) is 1.08. The van der Waals surface area contributed by atoms with Crippen LogP contribution in [0, 0.1) is 0 Å². The molecule has 0 saturated heterocycles. The van der Waals surface area contributed by atoms with E-state index in [0.29, 0.717) is 6.61 Å². The molecular weight excluding hydrogens is 392 g/mol. The first-order valence-corrected chi connectivity index (χ1v) is 9.31. The summed E-state index contributed by atoms with van der Waals surface area (Å²) in [6, 6.07) is 18.0. The molecule has 2 rings (SSSR count). The monoisotopic (exact) mass is 412 g/mol. The van der Waals surface area contributed by atoms with Crippen LogP contribution in [-0.4, -0.2) is 40.6 Å². The second-order valence-electron chi connectivity index (χ2n) is 4.40. The number of esters is 1. The molecule has 0 spiro atoms. The van der Waals surface area contributed by atoms with Crippen LogP contribution in [0.25, 0.3) is 3.62 Å². The third kappa shape index (κ3) is 4.91. The Labute approximate surface area is 141 Å². The van der Waals surface area contributed by atoms with Crippen LogP contribution in [0.15, 0.2) is 60.7 Å². The Morgan fingerprint density at radius 2 is 1.77 bits per heavy atom. The fourth-order valence-electron chi connectivity index (χ4n) is 1.84. The summed E-state index contributed by atoms with van der Waals surface area (Å²) in [6.07, 6.45) is 1.63. The van der Waals surface area contributed by atoms with Gasteiger partial charge in [0.25, 0.3) is 0 Å². The molecule has 0 unspecified atom stereocenters. The van der Waals surface area contributed by atoms with Crippen molar-refractivity contribution in [2.45, 2.75) is 6.92 Å². The molecule has 0 aliphatic heterocycles. The van der Waals surface area contributed by atoms with Gasteiger partial charge in [0.2, 0.25) is 0 Å². The van der Waals surface area contributed by atoms with Crippen molar-refractivity contribution >= 4 is 34.1 Å². The Hall–Kier alpha value is -1.76. The Bertz CT molecular complexity index is 633. The van der Waals surface area contributed by atoms with Crippen molar-refractivity contribution in [1.29, 1.82) is 0 Å². The SMILES string of the molecule is CCOC(=O)/C=C(\[Te]c1ccc(OC)cc1)c1ccccc1. The first-order chi connectivity index (χ1) is 10.7. The van der Waals surface area contributed by atoms with Gasteiger partial charge in [-0.1, -0.05) is 0 Å². The van der Waals surface area contributed by atoms with E-state index in [0.717, 1.165) is 14.9 Å². The second-order valence-corrected chi connectivity index (χ2v) is 7.59. The van der Waals surface area contributed by atoms with Crippen molar-refractivity contribution in [1.82, 2.24) is 0 Å². The Morgan fingerprint density at radius 1 is 1.09 bits per heavy atom. The van der Waals surface area contributed by atoms with Crippen LogP contribution in [0.1, 0.15) is 12.5 Å². The number of methoxy groups -OCH3 is 1. The number of hydrogen-bond acceptors (Lipinski definition) is 3. The molecule has 0 aromatic heterocycles. The van der Waals surface area contributed by atoms with Gasteiger partial charge in [0.1, 0.15) is 0 Å². The maximum absolute atomic E-state index is 11.8. The molecule has 0 radical (unpaired) electrons. The van der Waals surface area contributed by atoms with Crippen LogP contribution in [0.4, 0.5) is 0 Å². The second kappa shape index (κ2) is 8.63. The number of rotatable bonds is 6. The van der Waals surface area contributed by atoms with Gasteiger partial charge in [0.15, 0.2) is 0 Å². The summed E-state index contributed by atoms with van der Waals surface area (Å²) in [5.74, 6) is 0.562. The zero-order valence-corrected chi connectivity index (χ0v) is 14.9. The summed E-state index contributed by atoms with van der Waals surface area (Å²) < 4.78 is 12.5. The summed E-state index contributed by atoms with van der Waals surface area (Å²) in [7, 11) is 1.65. The minimum absolute atomic E-state index is 0.278. The summed E-state index contributed by atoms with van der Waals surface area (Å²) in [4.78, 5) is 11.8. The van der Waals surface area contributed by atoms with Gasteiger partial charge >= 0.3 is 141 Å². The van der Waals surface area contributed by atoms with Crippen molar-refractivity contribution in [2.75, 3.05) is 13.7 Å². The topological polar surface area (TPSA) is 35.5 Å². The van der Waals surface area contributed by atoms with E-state index >= 15 is 0 Å². The van der Waals surface area contributed by atoms with Crippen LogP contribution in [-0.2, 0) is 9.53 Å². The van der Waals surface area contributed by atoms with E-state index in [1.54, 1.807) is 13.2 Å². The molecular formula is C18H18O3Te. The molecule has 2 aromatic rings. The molecule has 0 saturated carbocycles. The van der Waals surface area contributed by atoms with E-state index in [9.17, 15) is 4.79 Å². The van der Waals surface area contributed by atoms with Gasteiger partial charge in [-0.3, -0.25) is 0 Å². The van der Waals surface area contributed by atoms with Gasteiger partial charge in [-0.15, -0.1) is 0 Å². The average Bonchev–Trinajstić information content (AvgIpc) is 2.56. The van der Waals surface area contributed by atoms with Crippen LogP contribution in [0.3, 0.4) is 0 Å². The van der Waals surface area contributed by atoms with E-state index in [1.807, 2.05) is 49.4 Å². The van der Waals surface area contributed by atoms with E-state index in [4.69, 9.17) is 9.47 Å². The zero-order valence-electron chi connectivity index (χ0n) is 12.6. The van der Waals surface area contributed by atoms with Gasteiger partial charge in [0.05, 0.1) is 0 Å². The molecule has 0 fully saturated rings. The molecule has 0 bridgehead atoms. The molecule has 4 heteroatoms. The van der Waals surface area contributed by atoms with E-state index in [2.05, 4.69) is 12.1 Å². The third-order valence-electron chi connectivity index (χ3n) is 2.88. The molecule has 2 aromatic carbocycles. The fourth-order valence-corrected chi connectivity index (χ4v) is 4.50. The molecule has 0 aliphatic rings. The Balaban J connectivity index is 2.26. The third-order valence-corrected chi connectivity index (χ3v) is 5.97. The van der Waals surface area contributed by atoms with Crippen LogP contribution < -0.4 is 8.35 Å². The number of ether oxygens (including phenoxy) is 2. The van der Waals surface area contributed by atoms with Crippen molar-refractivity contribution < 1.29 is 14.3 Å². The van der Waals surface area contributed by atoms with Crippen LogP contribution in [0.5, 0.6) is 5.75 Å². The first kappa shape index (κ1) is 16.6. The Morgan fingerprint density at radius 3 is 2.36 bits per heavy atom. The van der Waals surface area contributed by atoms with Crippen LogP contribution >= 0.6 is 0 Å². The summed E-state index contributed by atoms with van der Waals surface area (Å²) >= 11 is -0.683. The summed E-state index contributed by atoms with van der Waals surface area (Å²) in [5, 5.41) is 0. The van der Waals surface area contributed by atoms with E-state index < -0.39 is 20.9 Å². The molecule has 3 nitrogen and oxygen atoms in total. The zero-order chi connectivity index (χ0) is 15.8. The van der Waals surface area contributed by atoms with E-state index in [1.165, 1.54) is 3.61 Å². The van der Waals surface area contributed by atoms with Gasteiger partial charge < -0.3 is 0 Å². The average molecular weight is 410 g/mol. The van der Waals surface area contributed by atoms with Crippen LogP contribution in [0.2, 0.25) is 0 Å². The van der Waals surface area contributed by atoms with Crippen molar-refractivity contribution in [3.63, 3.8) is 0 Å². The predicted molar refractivity (Wildman–Crippen MR) is 89.4 cm³/mol. The molecule has 0 N–H and O–H groups in total. The number of hydrogen-bond donors (Lipinski definition) is 0. The normalized spacial score (nSPS) is 11.1. The quantitative estimate of drug-likeness (QED) is 0.418. The Kier molecular flexibility index (Phi) is 6.51. The van der Waals surface area contributed by atoms with Gasteiger partial charge in [-0.05, 0) is 0 Å². The molecule has 22 heavy (non-hydrogen) atoms. The molecule has 0 amide bonds. The maximum atomic E-state index is 11.8. The van der Waals surface area contributed by atoms with Gasteiger partial charge in [0, 0.05) is 0 Å². The standard InChI is InChI=1S/C18H18O3Te/c1-3-21-18(19)13-17(14-7-5-4-6-8-14)22-16-11-9-15(20-2)10-12-16/h4-13H,3H2,1-2H3/b17-13-. The molecule has 0 heterocycles. The molecule has 0 aliphatic carbocycles. The van der Waals surface area contributed by atoms with Gasteiger partial charge in [-0.2, -0.15) is 0 Å². The first-order valence-electron chi connectivity index (χ1n) is 6.98.